The zero-order valence-electron chi connectivity index (χ0n) is 19.8. The lowest BCUT2D eigenvalue weighted by Gasteiger charge is -2.49. The van der Waals surface area contributed by atoms with Gasteiger partial charge in [0.2, 0.25) is 17.1 Å². The zero-order valence-corrected chi connectivity index (χ0v) is 23.0. The number of amides is 2. The minimum Gasteiger partial charge on any atom is -0.478 e. The third kappa shape index (κ3) is 5.48. The number of nitrogens with one attached hydrogen (secondary N) is 1. The van der Waals surface area contributed by atoms with Gasteiger partial charge in [-0.1, -0.05) is 21.1 Å². The molecular weight excluding hydrogens is 606 g/mol. The Hall–Kier alpha value is -3.57. The monoisotopic (exact) mass is 626 g/mol. The first-order chi connectivity index (χ1) is 17.9. The van der Waals surface area contributed by atoms with Crippen LogP contribution in [0.5, 0.6) is 0 Å². The van der Waals surface area contributed by atoms with Crippen LogP contribution in [-0.4, -0.2) is 76.7 Å². The van der Waals surface area contributed by atoms with E-state index in [0.29, 0.717) is 11.3 Å². The summed E-state index contributed by atoms with van der Waals surface area (Å²) in [4.78, 5) is 59.7. The van der Waals surface area contributed by atoms with Crippen LogP contribution in [-0.2, 0) is 30.6 Å². The molecule has 0 unspecified atom stereocenters. The minimum atomic E-state index is -1.78. The van der Waals surface area contributed by atoms with Crippen LogP contribution in [0.3, 0.4) is 0 Å². The summed E-state index contributed by atoms with van der Waals surface area (Å²) < 4.78 is 6.58. The number of aliphatic carboxylic acids is 2. The summed E-state index contributed by atoms with van der Waals surface area (Å²) in [5.41, 5.74) is 3.75. The van der Waals surface area contributed by atoms with Crippen molar-refractivity contribution >= 4 is 73.8 Å². The molecule has 2 aromatic rings. The third-order valence-electron chi connectivity index (χ3n) is 5.51. The lowest BCUT2D eigenvalue weighted by Crippen LogP contribution is -2.71. The van der Waals surface area contributed by atoms with Crippen LogP contribution in [0.15, 0.2) is 45.4 Å². The van der Waals surface area contributed by atoms with Gasteiger partial charge in [-0.3, -0.25) is 14.5 Å². The number of carboxylic acids is 2. The number of oxime groups is 1. The molecule has 2 aliphatic heterocycles. The number of nitrogen functional groups attached to an aromatic ring is 1. The molecule has 1 saturated heterocycles. The molecule has 4 rings (SSSR count). The van der Waals surface area contributed by atoms with E-state index in [0.717, 1.165) is 20.9 Å². The second kappa shape index (κ2) is 10.7. The van der Waals surface area contributed by atoms with Gasteiger partial charge >= 0.3 is 11.9 Å². The van der Waals surface area contributed by atoms with Crippen molar-refractivity contribution in [1.29, 1.82) is 0 Å². The SMILES string of the molecule is CC(C)(O/N=C(\C(=O)N[C@@H]1C(=O)N2C(C(=O)O)=C(C[n+]3ccc(Br)cc3)CS[C@@H]12)c1nsc(N)n1)C(=O)O. The number of hydrogen-bond donors (Lipinski definition) is 4. The Bertz CT molecular complexity index is 1380. The Morgan fingerprint density at radius 1 is 1.34 bits per heavy atom. The van der Waals surface area contributed by atoms with Crippen LogP contribution in [0.25, 0.3) is 0 Å². The van der Waals surface area contributed by atoms with Crippen LogP contribution in [0, 0.1) is 0 Å². The maximum absolute atomic E-state index is 13.1. The number of hydrogen-bond acceptors (Lipinski definition) is 11. The molecule has 0 radical (unpaired) electrons. The Balaban J connectivity index is 1.55. The van der Waals surface area contributed by atoms with Crippen molar-refractivity contribution in [1.82, 2.24) is 19.6 Å². The number of aromatic nitrogens is 3. The van der Waals surface area contributed by atoms with Gasteiger partial charge in [-0.05, 0) is 13.8 Å². The lowest BCUT2D eigenvalue weighted by atomic mass is 10.0. The van der Waals surface area contributed by atoms with Crippen LogP contribution in [0.4, 0.5) is 5.13 Å². The number of nitrogens with zero attached hydrogens (tertiary/aromatic N) is 5. The second-order valence-electron chi connectivity index (χ2n) is 8.61. The number of β-lactam (4-membered cyclic amide) rings is 1. The van der Waals surface area contributed by atoms with Crippen LogP contribution < -0.4 is 15.6 Å². The highest BCUT2D eigenvalue weighted by molar-refractivity contribution is 9.10. The first-order valence-corrected chi connectivity index (χ1v) is 13.4. The molecule has 5 N–H and O–H groups in total. The molecule has 38 heavy (non-hydrogen) atoms. The van der Waals surface area contributed by atoms with E-state index in [4.69, 9.17) is 10.6 Å². The summed E-state index contributed by atoms with van der Waals surface area (Å²) >= 11 is 5.43. The maximum atomic E-state index is 13.1. The van der Waals surface area contributed by atoms with Crippen LogP contribution in [0.1, 0.15) is 19.7 Å². The predicted octanol–water partition coefficient (Wildman–Crippen LogP) is 0.193. The summed E-state index contributed by atoms with van der Waals surface area (Å²) in [6, 6.07) is 2.55. The summed E-state index contributed by atoms with van der Waals surface area (Å²) in [6.07, 6.45) is 3.56. The average molecular weight is 627 g/mol. The molecule has 2 atom stereocenters. The molecule has 0 aliphatic carbocycles. The number of thioether (sulfide) groups is 1. The number of nitrogens with two attached hydrogens (primary N) is 1. The highest BCUT2D eigenvalue weighted by Gasteiger charge is 2.55. The van der Waals surface area contributed by atoms with Gasteiger partial charge in [-0.15, -0.1) is 11.8 Å². The van der Waals surface area contributed by atoms with Gasteiger partial charge in [0, 0.05) is 39.5 Å². The van der Waals surface area contributed by atoms with E-state index < -0.39 is 46.5 Å². The van der Waals surface area contributed by atoms with E-state index in [1.165, 1.54) is 25.6 Å². The number of carboxylic acid groups (broad SMARTS) is 2. The number of anilines is 1. The molecule has 0 aromatic carbocycles. The molecular formula is C21H21BrN7O7S2+. The fraction of sp³-hybridized carbons (Fsp3) is 0.333. The fourth-order valence-corrected chi connectivity index (χ4v) is 5.50. The summed E-state index contributed by atoms with van der Waals surface area (Å²) in [5.74, 6) is -4.03. The maximum Gasteiger partial charge on any atom is 0.352 e. The molecule has 0 saturated carbocycles. The highest BCUT2D eigenvalue weighted by atomic mass is 79.9. The van der Waals surface area contributed by atoms with Crippen molar-refractivity contribution in [2.24, 2.45) is 5.16 Å². The normalized spacial score (nSPS) is 19.5. The van der Waals surface area contributed by atoms with Gasteiger partial charge in [0.05, 0.1) is 0 Å². The van der Waals surface area contributed by atoms with Gasteiger partial charge in [0.25, 0.3) is 11.8 Å². The van der Waals surface area contributed by atoms with E-state index >= 15 is 0 Å². The minimum absolute atomic E-state index is 0.0270. The van der Waals surface area contributed by atoms with E-state index in [-0.39, 0.29) is 23.2 Å². The quantitative estimate of drug-likeness (QED) is 0.128. The van der Waals surface area contributed by atoms with Crippen LogP contribution in [0.2, 0.25) is 0 Å². The van der Waals surface area contributed by atoms with Gasteiger partial charge in [-0.25, -0.2) is 14.2 Å². The van der Waals surface area contributed by atoms with Crippen LogP contribution >= 0.6 is 39.2 Å². The number of fused-ring (bicyclic) bond motifs is 1. The predicted molar refractivity (Wildman–Crippen MR) is 138 cm³/mol. The molecule has 2 aromatic heterocycles. The van der Waals surface area contributed by atoms with Crippen molar-refractivity contribution in [2.75, 3.05) is 11.5 Å². The average Bonchev–Trinajstić information content (AvgIpc) is 3.29. The fourth-order valence-electron chi connectivity index (χ4n) is 3.49. The smallest absolute Gasteiger partial charge is 0.352 e. The lowest BCUT2D eigenvalue weighted by molar-refractivity contribution is -0.689. The molecule has 0 bridgehead atoms. The van der Waals surface area contributed by atoms with Gasteiger partial charge < -0.3 is 26.1 Å². The Labute approximate surface area is 231 Å². The summed E-state index contributed by atoms with van der Waals surface area (Å²) in [6.45, 7) is 2.72. The molecule has 14 nitrogen and oxygen atoms in total. The van der Waals surface area contributed by atoms with E-state index in [1.807, 2.05) is 12.1 Å². The molecule has 0 spiro atoms. The van der Waals surface area contributed by atoms with E-state index in [9.17, 15) is 29.4 Å². The van der Waals surface area contributed by atoms with Crippen molar-refractivity contribution in [2.45, 2.75) is 37.4 Å². The Morgan fingerprint density at radius 2 is 2.03 bits per heavy atom. The van der Waals surface area contributed by atoms with Crippen molar-refractivity contribution < 1.29 is 38.8 Å². The van der Waals surface area contributed by atoms with Crippen molar-refractivity contribution in [3.05, 3.63) is 46.1 Å². The standard InChI is InChI=1S/C21H20BrN7O7S2/c1-21(2,19(34)35)36-26-11(14-25-20(23)38-27-14)15(30)24-12-16(31)29-13(18(32)33)9(8-37-17(12)29)7-28-5-3-10(22)4-6-28/h3-6,12,17H,7-8H2,1-2H3,(H4-,23,24,25,27,30,32,33,34,35)/p+1/b26-11-/t12-,17+/m1/s1. The van der Waals surface area contributed by atoms with Crippen molar-refractivity contribution in [3.63, 3.8) is 0 Å². The molecule has 200 valence electrons. The number of carbonyl (C=O) groups excluding carboxylic acids is 2. The molecule has 2 aliphatic rings. The zero-order chi connectivity index (χ0) is 27.8. The highest BCUT2D eigenvalue weighted by Crippen LogP contribution is 2.40. The topological polar surface area (TPSA) is 201 Å². The Kier molecular flexibility index (Phi) is 7.70. The molecule has 1 fully saturated rings. The van der Waals surface area contributed by atoms with Gasteiger partial charge in [0.15, 0.2) is 24.1 Å². The first kappa shape index (κ1) is 27.5. The van der Waals surface area contributed by atoms with Gasteiger partial charge in [-0.2, -0.15) is 9.36 Å². The number of rotatable bonds is 9. The largest absolute Gasteiger partial charge is 0.478 e. The van der Waals surface area contributed by atoms with Gasteiger partial charge in [0.1, 0.15) is 17.1 Å². The second-order valence-corrected chi connectivity index (χ2v) is 11.4. The van der Waals surface area contributed by atoms with Crippen molar-refractivity contribution in [3.8, 4) is 0 Å². The molecule has 17 heteroatoms. The first-order valence-electron chi connectivity index (χ1n) is 10.8. The number of pyridine rings is 1. The number of halogens is 1. The third-order valence-corrected chi connectivity index (χ3v) is 7.92. The molecule has 4 heterocycles. The Morgan fingerprint density at radius 3 is 2.61 bits per heavy atom. The number of carbonyl (C=O) groups is 4. The summed E-state index contributed by atoms with van der Waals surface area (Å²) in [7, 11) is 0. The summed E-state index contributed by atoms with van der Waals surface area (Å²) in [5, 5.41) is 24.7. The van der Waals surface area contributed by atoms with E-state index in [1.54, 1.807) is 17.0 Å². The molecule has 2 amide bonds. The van der Waals surface area contributed by atoms with E-state index in [2.05, 4.69) is 35.8 Å².